The maximum absolute atomic E-state index is 13.5. The van der Waals surface area contributed by atoms with E-state index in [-0.39, 0.29) is 15.5 Å². The van der Waals surface area contributed by atoms with Gasteiger partial charge in [0.15, 0.2) is 0 Å². The first-order valence-corrected chi connectivity index (χ1v) is 10.1. The van der Waals surface area contributed by atoms with Crippen LogP contribution in [0.2, 0.25) is 0 Å². The topological polar surface area (TPSA) is 127 Å². The number of sulfonamides is 1. The van der Waals surface area contributed by atoms with E-state index in [1.807, 2.05) is 4.98 Å². The summed E-state index contributed by atoms with van der Waals surface area (Å²) in [7, 11) is -4.40. The number of nitrogens with zero attached hydrogens (tertiary/aromatic N) is 4. The normalized spacial score (nSPS) is 12.3. The number of hydrogen-bond donors (Lipinski definition) is 1. The second-order valence-electron chi connectivity index (χ2n) is 6.18. The quantitative estimate of drug-likeness (QED) is 0.631. The van der Waals surface area contributed by atoms with Gasteiger partial charge < -0.3 is 9.55 Å². The molecule has 0 bridgehead atoms. The molecule has 0 aliphatic carbocycles. The van der Waals surface area contributed by atoms with Crippen molar-refractivity contribution in [3.05, 3.63) is 57.3 Å². The fourth-order valence-corrected chi connectivity index (χ4v) is 3.77. The van der Waals surface area contributed by atoms with Gasteiger partial charge in [-0.05, 0) is 12.1 Å². The van der Waals surface area contributed by atoms with Gasteiger partial charge in [-0.1, -0.05) is 6.92 Å². The van der Waals surface area contributed by atoms with Gasteiger partial charge in [0.25, 0.3) is 21.5 Å². The molecule has 0 aliphatic heterocycles. The third-order valence-corrected chi connectivity index (χ3v) is 5.09. The van der Waals surface area contributed by atoms with Crippen LogP contribution in [-0.4, -0.2) is 39.8 Å². The van der Waals surface area contributed by atoms with E-state index in [1.165, 1.54) is 19.3 Å². The van der Waals surface area contributed by atoms with E-state index in [9.17, 15) is 36.0 Å². The molecule has 10 nitrogen and oxygen atoms in total. The van der Waals surface area contributed by atoms with Crippen molar-refractivity contribution in [3.8, 4) is 5.69 Å². The highest BCUT2D eigenvalue weighted by atomic mass is 32.2. The van der Waals surface area contributed by atoms with E-state index in [0.29, 0.717) is 12.3 Å². The molecule has 0 saturated carbocycles. The summed E-state index contributed by atoms with van der Waals surface area (Å²) in [5.41, 5.74) is -4.78. The van der Waals surface area contributed by atoms with Gasteiger partial charge in [-0.2, -0.15) is 13.2 Å². The van der Waals surface area contributed by atoms with E-state index < -0.39 is 55.5 Å². The van der Waals surface area contributed by atoms with Gasteiger partial charge in [0, 0.05) is 18.8 Å². The molecule has 1 amide bonds. The number of rotatable bonds is 4. The molecule has 0 unspecified atom stereocenters. The van der Waals surface area contributed by atoms with Crippen LogP contribution in [0.15, 0.2) is 40.4 Å². The zero-order valence-electron chi connectivity index (χ0n) is 15.5. The van der Waals surface area contributed by atoms with Gasteiger partial charge in [0.2, 0.25) is 0 Å². The van der Waals surface area contributed by atoms with Crippen molar-refractivity contribution in [2.24, 2.45) is 0 Å². The van der Waals surface area contributed by atoms with Crippen molar-refractivity contribution < 1.29 is 26.4 Å². The van der Waals surface area contributed by atoms with Gasteiger partial charge in [0.05, 0.1) is 34.7 Å². The number of imidazole rings is 1. The Hall–Kier alpha value is -3.42. The van der Waals surface area contributed by atoms with Crippen molar-refractivity contribution in [1.82, 2.24) is 19.2 Å². The number of alkyl halides is 3. The van der Waals surface area contributed by atoms with E-state index >= 15 is 0 Å². The SMILES string of the molecule is CCC(=O)N(n1c(=O)[nH]c2cc(C(F)(F)F)c(-n3ccnc3)cc2c1=O)S(C)(=O)=O. The second kappa shape index (κ2) is 7.12. The third-order valence-electron chi connectivity index (χ3n) is 4.09. The molecular formula is C16H14F3N5O5S. The summed E-state index contributed by atoms with van der Waals surface area (Å²) in [6.45, 7) is 1.31. The molecule has 0 spiro atoms. The minimum Gasteiger partial charge on any atom is -0.306 e. The van der Waals surface area contributed by atoms with Gasteiger partial charge in [0.1, 0.15) is 0 Å². The fraction of sp³-hybridized carbons (Fsp3) is 0.250. The lowest BCUT2D eigenvalue weighted by molar-refractivity contribution is -0.137. The van der Waals surface area contributed by atoms with Crippen molar-refractivity contribution in [2.45, 2.75) is 19.5 Å². The zero-order chi connectivity index (χ0) is 22.4. The van der Waals surface area contributed by atoms with E-state index in [1.54, 1.807) is 0 Å². The number of carbonyl (C=O) groups excluding carboxylic acids is 1. The molecule has 0 fully saturated rings. The lowest BCUT2D eigenvalue weighted by Gasteiger charge is -2.21. The number of aromatic nitrogens is 4. The number of H-pyrrole nitrogens is 1. The molecule has 1 N–H and O–H groups in total. The standard InChI is InChI=1S/C16H14F3N5O5S/c1-3-13(25)24(30(2,28)29)23-14(26)9-6-12(22-5-4-20-8-22)10(16(17,18)19)7-11(9)21-15(23)27/h4-8H,3H2,1-2H3,(H,21,27). The number of hydrogen-bond acceptors (Lipinski definition) is 6. The molecule has 1 aromatic carbocycles. The lowest BCUT2D eigenvalue weighted by Crippen LogP contribution is -2.55. The summed E-state index contributed by atoms with van der Waals surface area (Å²) in [5, 5.41) is -0.441. The fourth-order valence-electron chi connectivity index (χ4n) is 2.83. The predicted octanol–water partition coefficient (Wildman–Crippen LogP) is 0.728. The van der Waals surface area contributed by atoms with E-state index in [0.717, 1.165) is 17.0 Å². The number of benzene rings is 1. The van der Waals surface area contributed by atoms with Crippen LogP contribution in [0.1, 0.15) is 18.9 Å². The van der Waals surface area contributed by atoms with E-state index in [4.69, 9.17) is 0 Å². The predicted molar refractivity (Wildman–Crippen MR) is 99.3 cm³/mol. The van der Waals surface area contributed by atoms with Gasteiger partial charge in [-0.3, -0.25) is 9.59 Å². The molecule has 2 heterocycles. The summed E-state index contributed by atoms with van der Waals surface area (Å²) in [6, 6.07) is 1.40. The largest absolute Gasteiger partial charge is 0.418 e. The lowest BCUT2D eigenvalue weighted by atomic mass is 10.1. The Balaban J connectivity index is 2.45. The second-order valence-corrected chi connectivity index (χ2v) is 7.99. The van der Waals surface area contributed by atoms with Gasteiger partial charge in [-0.25, -0.2) is 18.2 Å². The van der Waals surface area contributed by atoms with Crippen molar-refractivity contribution >= 4 is 26.8 Å². The van der Waals surface area contributed by atoms with Gasteiger partial charge >= 0.3 is 11.9 Å². The summed E-state index contributed by atoms with van der Waals surface area (Å²) in [6.07, 6.45) is -1.07. The molecule has 0 saturated heterocycles. The Morgan fingerprint density at radius 3 is 2.43 bits per heavy atom. The number of amides is 1. The summed E-state index contributed by atoms with van der Waals surface area (Å²) < 4.78 is 65.8. The number of carbonyl (C=O) groups is 1. The smallest absolute Gasteiger partial charge is 0.306 e. The van der Waals surface area contributed by atoms with E-state index in [2.05, 4.69) is 4.98 Å². The summed E-state index contributed by atoms with van der Waals surface area (Å²) in [4.78, 5) is 43.1. The molecule has 2 aromatic heterocycles. The molecule has 3 aromatic rings. The van der Waals surface area contributed by atoms with Crippen molar-refractivity contribution in [2.75, 3.05) is 10.7 Å². The third kappa shape index (κ3) is 3.60. The highest BCUT2D eigenvalue weighted by Crippen LogP contribution is 2.35. The Morgan fingerprint density at radius 2 is 1.93 bits per heavy atom. The van der Waals surface area contributed by atoms with Crippen LogP contribution < -0.4 is 15.7 Å². The minimum absolute atomic E-state index is 0.0117. The molecule has 160 valence electrons. The number of aromatic amines is 1. The molecule has 30 heavy (non-hydrogen) atoms. The van der Waals surface area contributed by atoms with Crippen LogP contribution in [0, 0.1) is 0 Å². The van der Waals surface area contributed by atoms with Crippen LogP contribution in [0.25, 0.3) is 16.6 Å². The Morgan fingerprint density at radius 1 is 1.27 bits per heavy atom. The average Bonchev–Trinajstić information content (AvgIpc) is 3.16. The van der Waals surface area contributed by atoms with Gasteiger partial charge in [-0.15, -0.1) is 9.09 Å². The molecular weight excluding hydrogens is 431 g/mol. The summed E-state index contributed by atoms with van der Waals surface area (Å²) in [5.74, 6) is -1.08. The Labute approximate surface area is 166 Å². The Kier molecular flexibility index (Phi) is 5.06. The number of nitrogens with one attached hydrogen (secondary N) is 1. The maximum Gasteiger partial charge on any atom is 0.418 e. The molecule has 3 rings (SSSR count). The zero-order valence-corrected chi connectivity index (χ0v) is 16.3. The van der Waals surface area contributed by atoms with Crippen LogP contribution in [0.4, 0.5) is 13.2 Å². The number of fused-ring (bicyclic) bond motifs is 1. The number of halogens is 3. The van der Waals surface area contributed by atoms with Crippen molar-refractivity contribution in [1.29, 1.82) is 0 Å². The first-order valence-electron chi connectivity index (χ1n) is 8.28. The molecule has 0 radical (unpaired) electrons. The molecule has 0 aliphatic rings. The molecule has 14 heteroatoms. The Bertz CT molecular complexity index is 1360. The summed E-state index contributed by atoms with van der Waals surface area (Å²) >= 11 is 0. The maximum atomic E-state index is 13.5. The highest BCUT2D eigenvalue weighted by molar-refractivity contribution is 7.92. The monoisotopic (exact) mass is 445 g/mol. The minimum atomic E-state index is -4.84. The van der Waals surface area contributed by atoms with Crippen molar-refractivity contribution in [3.63, 3.8) is 0 Å². The van der Waals surface area contributed by atoms with Crippen LogP contribution in [0.5, 0.6) is 0 Å². The first kappa shape index (κ1) is 21.3. The average molecular weight is 445 g/mol. The molecule has 0 atom stereocenters. The first-order chi connectivity index (χ1) is 13.9. The van der Waals surface area contributed by atoms with Crippen LogP contribution in [-0.2, 0) is 21.0 Å². The van der Waals surface area contributed by atoms with Crippen LogP contribution >= 0.6 is 0 Å². The van der Waals surface area contributed by atoms with Crippen LogP contribution in [0.3, 0.4) is 0 Å². The highest BCUT2D eigenvalue weighted by Gasteiger charge is 2.35.